The third-order valence-corrected chi connectivity index (χ3v) is 2.63. The van der Waals surface area contributed by atoms with E-state index in [1.54, 1.807) is 7.05 Å². The number of hydrogen-bond acceptors (Lipinski definition) is 2. The molecule has 3 N–H and O–H groups in total. The number of aliphatic hydroxyl groups is 1. The number of nitrogens with zero attached hydrogens (tertiary/aromatic N) is 1. The summed E-state index contributed by atoms with van der Waals surface area (Å²) in [7, 11) is 3.53. The standard InChI is InChI=1S/C9H19N3O/c1-10-9(11-2)12-6-8(13)7-4-3-5-7/h7-8,13H,3-6H2,1-2H3,(H2,10,11,12). The van der Waals surface area contributed by atoms with Crippen molar-refractivity contribution in [1.82, 2.24) is 10.6 Å². The molecule has 0 spiro atoms. The summed E-state index contributed by atoms with van der Waals surface area (Å²) in [5.41, 5.74) is 0. The summed E-state index contributed by atoms with van der Waals surface area (Å²) >= 11 is 0. The van der Waals surface area contributed by atoms with Crippen LogP contribution in [0.4, 0.5) is 0 Å². The number of hydrogen-bond donors (Lipinski definition) is 3. The number of nitrogens with one attached hydrogen (secondary N) is 2. The third-order valence-electron chi connectivity index (χ3n) is 2.63. The van der Waals surface area contributed by atoms with Crippen LogP contribution in [-0.2, 0) is 0 Å². The molecule has 1 rings (SSSR count). The summed E-state index contributed by atoms with van der Waals surface area (Å²) in [5.74, 6) is 1.24. The van der Waals surface area contributed by atoms with E-state index in [0.29, 0.717) is 12.5 Å². The lowest BCUT2D eigenvalue weighted by molar-refractivity contribution is 0.0659. The fourth-order valence-electron chi connectivity index (χ4n) is 1.47. The molecule has 1 atom stereocenters. The number of aliphatic imine (C=N–C) groups is 1. The van der Waals surface area contributed by atoms with Gasteiger partial charge < -0.3 is 15.7 Å². The van der Waals surface area contributed by atoms with Crippen molar-refractivity contribution in [2.24, 2.45) is 10.9 Å². The van der Waals surface area contributed by atoms with E-state index in [1.807, 2.05) is 7.05 Å². The van der Waals surface area contributed by atoms with Gasteiger partial charge in [-0.05, 0) is 18.8 Å². The van der Waals surface area contributed by atoms with Crippen molar-refractivity contribution in [2.45, 2.75) is 25.4 Å². The zero-order valence-corrected chi connectivity index (χ0v) is 8.38. The van der Waals surface area contributed by atoms with Crippen molar-refractivity contribution in [3.8, 4) is 0 Å². The van der Waals surface area contributed by atoms with E-state index in [2.05, 4.69) is 15.6 Å². The molecule has 0 aromatic heterocycles. The quantitative estimate of drug-likeness (QED) is 0.426. The second kappa shape index (κ2) is 5.07. The lowest BCUT2D eigenvalue weighted by Gasteiger charge is -2.30. The molecular formula is C9H19N3O. The summed E-state index contributed by atoms with van der Waals surface area (Å²) in [5, 5.41) is 15.6. The van der Waals surface area contributed by atoms with Crippen LogP contribution in [0.2, 0.25) is 0 Å². The maximum Gasteiger partial charge on any atom is 0.190 e. The molecule has 1 aliphatic rings. The molecule has 0 radical (unpaired) electrons. The molecule has 1 saturated carbocycles. The highest BCUT2D eigenvalue weighted by atomic mass is 16.3. The van der Waals surface area contributed by atoms with Crippen LogP contribution in [0, 0.1) is 5.92 Å². The van der Waals surface area contributed by atoms with Gasteiger partial charge in [-0.3, -0.25) is 4.99 Å². The second-order valence-corrected chi connectivity index (χ2v) is 3.46. The van der Waals surface area contributed by atoms with E-state index >= 15 is 0 Å². The maximum atomic E-state index is 9.66. The average Bonchev–Trinajstić information content (AvgIpc) is 2.03. The summed E-state index contributed by atoms with van der Waals surface area (Å²) in [4.78, 5) is 3.96. The van der Waals surface area contributed by atoms with Crippen molar-refractivity contribution < 1.29 is 5.11 Å². The average molecular weight is 185 g/mol. The first kappa shape index (κ1) is 10.3. The van der Waals surface area contributed by atoms with Gasteiger partial charge in [-0.15, -0.1) is 0 Å². The van der Waals surface area contributed by atoms with Gasteiger partial charge in [0.1, 0.15) is 0 Å². The van der Waals surface area contributed by atoms with Gasteiger partial charge in [-0.25, -0.2) is 0 Å². The molecule has 0 aliphatic heterocycles. The van der Waals surface area contributed by atoms with Crippen LogP contribution in [0.1, 0.15) is 19.3 Å². The monoisotopic (exact) mass is 185 g/mol. The van der Waals surface area contributed by atoms with E-state index in [9.17, 15) is 5.11 Å². The van der Waals surface area contributed by atoms with Crippen LogP contribution in [-0.4, -0.2) is 37.8 Å². The Kier molecular flexibility index (Phi) is 4.02. The van der Waals surface area contributed by atoms with Crippen LogP contribution in [0.15, 0.2) is 4.99 Å². The van der Waals surface area contributed by atoms with Gasteiger partial charge in [0.15, 0.2) is 5.96 Å². The van der Waals surface area contributed by atoms with Gasteiger partial charge in [0.25, 0.3) is 0 Å². The molecule has 0 heterocycles. The van der Waals surface area contributed by atoms with E-state index in [-0.39, 0.29) is 6.10 Å². The second-order valence-electron chi connectivity index (χ2n) is 3.46. The Hall–Kier alpha value is -0.770. The van der Waals surface area contributed by atoms with Gasteiger partial charge in [0.2, 0.25) is 0 Å². The number of aliphatic hydroxyl groups excluding tert-OH is 1. The highest BCUT2D eigenvalue weighted by molar-refractivity contribution is 5.79. The number of rotatable bonds is 3. The molecule has 4 nitrogen and oxygen atoms in total. The van der Waals surface area contributed by atoms with E-state index in [0.717, 1.165) is 5.96 Å². The molecule has 1 fully saturated rings. The van der Waals surface area contributed by atoms with Crippen molar-refractivity contribution in [2.75, 3.05) is 20.6 Å². The van der Waals surface area contributed by atoms with Gasteiger partial charge >= 0.3 is 0 Å². The zero-order chi connectivity index (χ0) is 9.68. The molecule has 13 heavy (non-hydrogen) atoms. The first-order valence-electron chi connectivity index (χ1n) is 4.84. The molecule has 76 valence electrons. The van der Waals surface area contributed by atoms with Crippen LogP contribution < -0.4 is 10.6 Å². The van der Waals surface area contributed by atoms with Gasteiger partial charge in [0, 0.05) is 20.6 Å². The van der Waals surface area contributed by atoms with Gasteiger partial charge in [-0.1, -0.05) is 6.42 Å². The predicted molar refractivity (Wildman–Crippen MR) is 53.8 cm³/mol. The van der Waals surface area contributed by atoms with Crippen LogP contribution in [0.25, 0.3) is 0 Å². The van der Waals surface area contributed by atoms with Crippen molar-refractivity contribution >= 4 is 5.96 Å². The molecule has 0 aromatic rings. The molecule has 0 saturated heterocycles. The Labute approximate surface area is 79.4 Å². The van der Waals surface area contributed by atoms with Crippen LogP contribution in [0.5, 0.6) is 0 Å². The summed E-state index contributed by atoms with van der Waals surface area (Å²) in [6, 6.07) is 0. The summed E-state index contributed by atoms with van der Waals surface area (Å²) < 4.78 is 0. The highest BCUT2D eigenvalue weighted by Gasteiger charge is 2.25. The Morgan fingerprint density at radius 1 is 1.62 bits per heavy atom. The summed E-state index contributed by atoms with van der Waals surface area (Å²) in [6.45, 7) is 0.595. The zero-order valence-electron chi connectivity index (χ0n) is 8.38. The minimum Gasteiger partial charge on any atom is -0.391 e. The minimum atomic E-state index is -0.223. The number of guanidine groups is 1. The Balaban J connectivity index is 2.16. The topological polar surface area (TPSA) is 56.7 Å². The van der Waals surface area contributed by atoms with E-state index < -0.39 is 0 Å². The first-order valence-corrected chi connectivity index (χ1v) is 4.84. The normalized spacial score (nSPS) is 20.7. The lowest BCUT2D eigenvalue weighted by atomic mass is 9.81. The SMILES string of the molecule is CN=C(NC)NCC(O)C1CCC1. The van der Waals surface area contributed by atoms with E-state index in [4.69, 9.17) is 0 Å². The Morgan fingerprint density at radius 3 is 2.69 bits per heavy atom. The van der Waals surface area contributed by atoms with Crippen molar-refractivity contribution in [3.63, 3.8) is 0 Å². The van der Waals surface area contributed by atoms with Gasteiger partial charge in [-0.2, -0.15) is 0 Å². The maximum absolute atomic E-state index is 9.66. The lowest BCUT2D eigenvalue weighted by Crippen LogP contribution is -2.42. The molecule has 0 aromatic carbocycles. The molecule has 1 aliphatic carbocycles. The largest absolute Gasteiger partial charge is 0.391 e. The minimum absolute atomic E-state index is 0.223. The van der Waals surface area contributed by atoms with Crippen molar-refractivity contribution in [1.29, 1.82) is 0 Å². The highest BCUT2D eigenvalue weighted by Crippen LogP contribution is 2.29. The third kappa shape index (κ3) is 2.88. The molecular weight excluding hydrogens is 166 g/mol. The van der Waals surface area contributed by atoms with Gasteiger partial charge in [0.05, 0.1) is 6.10 Å². The fourth-order valence-corrected chi connectivity index (χ4v) is 1.47. The smallest absolute Gasteiger partial charge is 0.190 e. The predicted octanol–water partition coefficient (Wildman–Crippen LogP) is -0.0578. The molecule has 1 unspecified atom stereocenters. The Morgan fingerprint density at radius 2 is 2.31 bits per heavy atom. The first-order chi connectivity index (χ1) is 6.27. The summed E-state index contributed by atoms with van der Waals surface area (Å²) in [6.07, 6.45) is 3.38. The Bertz CT molecular complexity index is 178. The molecule has 0 bridgehead atoms. The molecule has 0 amide bonds. The molecule has 4 heteroatoms. The fraction of sp³-hybridized carbons (Fsp3) is 0.889. The van der Waals surface area contributed by atoms with Crippen molar-refractivity contribution in [3.05, 3.63) is 0 Å². The van der Waals surface area contributed by atoms with E-state index in [1.165, 1.54) is 19.3 Å². The van der Waals surface area contributed by atoms with Crippen LogP contribution >= 0.6 is 0 Å². The van der Waals surface area contributed by atoms with Crippen LogP contribution in [0.3, 0.4) is 0 Å².